The van der Waals surface area contributed by atoms with Gasteiger partial charge in [-0.3, -0.25) is 14.5 Å². The summed E-state index contributed by atoms with van der Waals surface area (Å²) in [6.45, 7) is 2.22. The van der Waals surface area contributed by atoms with Crippen molar-refractivity contribution in [3.05, 3.63) is 47.2 Å². The first kappa shape index (κ1) is 18.9. The summed E-state index contributed by atoms with van der Waals surface area (Å²) in [5, 5.41) is 11.5. The van der Waals surface area contributed by atoms with E-state index in [9.17, 15) is 14.7 Å². The number of hydrogen-bond donors (Lipinski definition) is 2. The van der Waals surface area contributed by atoms with Gasteiger partial charge in [0.25, 0.3) is 0 Å². The number of nitrogens with zero attached hydrogens (tertiary/aromatic N) is 1. The quantitative estimate of drug-likeness (QED) is 0.615. The summed E-state index contributed by atoms with van der Waals surface area (Å²) >= 11 is 0. The van der Waals surface area contributed by atoms with Gasteiger partial charge in [-0.25, -0.2) is 0 Å². The third-order valence-electron chi connectivity index (χ3n) is 6.71. The Bertz CT molecular complexity index is 976. The molecule has 6 heteroatoms. The molecule has 0 saturated carbocycles. The van der Waals surface area contributed by atoms with Gasteiger partial charge in [0.15, 0.2) is 5.78 Å². The standard InChI is InChI=1S/C22H26N2O4/c1-4-13-11-24(2)19-9-15-14-7-5-6-8-17(14)23-20(15)18(26)10-16(13)22(19,12-25)21(27)28-3/h4-8,16,19,23,25H,9-12H2,1-3H3/b13-4-/t16-,19-,22-/m0/s1. The lowest BCUT2D eigenvalue weighted by molar-refractivity contribution is -0.168. The first-order chi connectivity index (χ1) is 13.5. The second-order valence-electron chi connectivity index (χ2n) is 7.89. The van der Waals surface area contributed by atoms with E-state index in [0.717, 1.165) is 22.0 Å². The molecule has 2 heterocycles. The first-order valence-electron chi connectivity index (χ1n) is 9.65. The fraction of sp³-hybridized carbons (Fsp3) is 0.455. The second kappa shape index (κ2) is 6.87. The second-order valence-corrected chi connectivity index (χ2v) is 7.89. The maximum Gasteiger partial charge on any atom is 0.316 e. The smallest absolute Gasteiger partial charge is 0.316 e. The Morgan fingerprint density at radius 3 is 2.82 bits per heavy atom. The molecule has 0 spiro atoms. The van der Waals surface area contributed by atoms with Gasteiger partial charge in [-0.2, -0.15) is 0 Å². The zero-order valence-electron chi connectivity index (χ0n) is 16.5. The highest BCUT2D eigenvalue weighted by atomic mass is 16.5. The zero-order chi connectivity index (χ0) is 20.1. The van der Waals surface area contributed by atoms with Crippen LogP contribution in [0.4, 0.5) is 0 Å². The SMILES string of the molecule is C/C=C1/CN(C)[C@H]2Cc3c([nH]c4ccccc34)C(=O)C[C@@H]1[C@]2(CO)C(=O)OC. The van der Waals surface area contributed by atoms with E-state index in [1.54, 1.807) is 0 Å². The number of fused-ring (bicyclic) bond motifs is 5. The zero-order valence-corrected chi connectivity index (χ0v) is 16.5. The number of carbonyl (C=O) groups is 2. The van der Waals surface area contributed by atoms with E-state index in [-0.39, 0.29) is 30.8 Å². The number of likely N-dealkylation sites (tertiary alicyclic amines) is 1. The summed E-state index contributed by atoms with van der Waals surface area (Å²) in [6.07, 6.45) is 2.62. The predicted molar refractivity (Wildman–Crippen MR) is 106 cm³/mol. The van der Waals surface area contributed by atoms with Crippen LogP contribution in [0, 0.1) is 11.3 Å². The molecule has 148 valence electrons. The Labute approximate surface area is 164 Å². The highest BCUT2D eigenvalue weighted by Crippen LogP contribution is 2.49. The van der Waals surface area contributed by atoms with Crippen LogP contribution in [0.25, 0.3) is 10.9 Å². The van der Waals surface area contributed by atoms with Crippen molar-refractivity contribution in [2.24, 2.45) is 11.3 Å². The minimum Gasteiger partial charge on any atom is -0.468 e. The first-order valence-corrected chi connectivity index (χ1v) is 9.65. The molecule has 1 aliphatic heterocycles. The van der Waals surface area contributed by atoms with Gasteiger partial charge in [0.05, 0.1) is 19.4 Å². The van der Waals surface area contributed by atoms with Crippen molar-refractivity contribution in [1.29, 1.82) is 0 Å². The van der Waals surface area contributed by atoms with Gasteiger partial charge in [-0.05, 0) is 32.0 Å². The van der Waals surface area contributed by atoms with E-state index in [4.69, 9.17) is 4.74 Å². The molecule has 28 heavy (non-hydrogen) atoms. The van der Waals surface area contributed by atoms with Crippen molar-refractivity contribution in [3.8, 4) is 0 Å². The highest BCUT2D eigenvalue weighted by molar-refractivity contribution is 6.03. The minimum absolute atomic E-state index is 0.0275. The molecule has 2 aliphatic rings. The lowest BCUT2D eigenvalue weighted by atomic mass is 9.60. The molecule has 2 bridgehead atoms. The summed E-state index contributed by atoms with van der Waals surface area (Å²) in [5.74, 6) is -0.865. The molecule has 4 rings (SSSR count). The Morgan fingerprint density at radius 2 is 2.14 bits per heavy atom. The molecule has 6 nitrogen and oxygen atoms in total. The molecule has 0 radical (unpaired) electrons. The Morgan fingerprint density at radius 1 is 1.39 bits per heavy atom. The van der Waals surface area contributed by atoms with Crippen molar-refractivity contribution in [1.82, 2.24) is 9.88 Å². The number of H-pyrrole nitrogens is 1. The lowest BCUT2D eigenvalue weighted by Crippen LogP contribution is -2.63. The number of aromatic nitrogens is 1. The van der Waals surface area contributed by atoms with Gasteiger partial charge in [-0.15, -0.1) is 0 Å². The average molecular weight is 382 g/mol. The van der Waals surface area contributed by atoms with Crippen molar-refractivity contribution in [2.45, 2.75) is 25.8 Å². The Hall–Kier alpha value is -2.44. The van der Waals surface area contributed by atoms with E-state index in [0.29, 0.717) is 18.7 Å². The van der Waals surface area contributed by atoms with Crippen molar-refractivity contribution in [3.63, 3.8) is 0 Å². The number of carbonyl (C=O) groups excluding carboxylic acids is 2. The molecular weight excluding hydrogens is 356 g/mol. The van der Waals surface area contributed by atoms with Gasteiger partial charge in [0.2, 0.25) is 0 Å². The molecule has 0 unspecified atom stereocenters. The number of methoxy groups -OCH3 is 1. The monoisotopic (exact) mass is 382 g/mol. The third kappa shape index (κ3) is 2.48. The number of Topliss-reactive ketones (excluding diaryl/α,β-unsaturated/α-hetero) is 1. The van der Waals surface area contributed by atoms with Gasteiger partial charge < -0.3 is 14.8 Å². The van der Waals surface area contributed by atoms with Gasteiger partial charge in [0, 0.05) is 35.8 Å². The van der Waals surface area contributed by atoms with Crippen molar-refractivity contribution < 1.29 is 19.4 Å². The van der Waals surface area contributed by atoms with Crippen LogP contribution < -0.4 is 0 Å². The van der Waals surface area contributed by atoms with Crippen LogP contribution in [0.5, 0.6) is 0 Å². The molecule has 1 fully saturated rings. The number of esters is 1. The van der Waals surface area contributed by atoms with E-state index in [1.807, 2.05) is 44.3 Å². The average Bonchev–Trinajstić information content (AvgIpc) is 3.07. The number of piperidine rings is 1. The summed E-state index contributed by atoms with van der Waals surface area (Å²) in [4.78, 5) is 31.8. The third-order valence-corrected chi connectivity index (χ3v) is 6.71. The number of allylic oxidation sites excluding steroid dienone is 1. The van der Waals surface area contributed by atoms with Crippen LogP contribution in [0.15, 0.2) is 35.9 Å². The summed E-state index contributed by atoms with van der Waals surface area (Å²) in [5.41, 5.74) is 2.28. The number of rotatable bonds is 2. The maximum atomic E-state index is 13.3. The van der Waals surface area contributed by atoms with Crippen LogP contribution in [-0.4, -0.2) is 60.1 Å². The Balaban J connectivity index is 1.99. The van der Waals surface area contributed by atoms with E-state index < -0.39 is 11.4 Å². The van der Waals surface area contributed by atoms with E-state index in [2.05, 4.69) is 9.88 Å². The number of aliphatic hydroxyl groups excluding tert-OH is 1. The predicted octanol–water partition coefficient (Wildman–Crippen LogP) is 2.33. The molecule has 2 aromatic rings. The molecule has 1 aromatic carbocycles. The van der Waals surface area contributed by atoms with Gasteiger partial charge in [0.1, 0.15) is 5.41 Å². The Kier molecular flexibility index (Phi) is 4.63. The largest absolute Gasteiger partial charge is 0.468 e. The summed E-state index contributed by atoms with van der Waals surface area (Å²) in [7, 11) is 3.32. The molecule has 3 atom stereocenters. The van der Waals surface area contributed by atoms with E-state index >= 15 is 0 Å². The fourth-order valence-corrected chi connectivity index (χ4v) is 5.29. The van der Waals surface area contributed by atoms with Crippen molar-refractivity contribution in [2.75, 3.05) is 27.3 Å². The molecule has 1 aromatic heterocycles. The summed E-state index contributed by atoms with van der Waals surface area (Å²) in [6, 6.07) is 7.57. The number of aliphatic hydroxyl groups is 1. The number of para-hydroxylation sites is 1. The maximum absolute atomic E-state index is 13.3. The molecule has 1 saturated heterocycles. The molecule has 0 amide bonds. The number of ketones is 1. The number of nitrogens with one attached hydrogen (secondary N) is 1. The van der Waals surface area contributed by atoms with Crippen LogP contribution in [-0.2, 0) is 16.0 Å². The number of ether oxygens (including phenoxy) is 1. The van der Waals surface area contributed by atoms with Crippen LogP contribution in [0.2, 0.25) is 0 Å². The van der Waals surface area contributed by atoms with Crippen LogP contribution >= 0.6 is 0 Å². The molecule has 2 N–H and O–H groups in total. The van der Waals surface area contributed by atoms with Crippen LogP contribution in [0.1, 0.15) is 29.4 Å². The number of hydrogen-bond acceptors (Lipinski definition) is 5. The topological polar surface area (TPSA) is 82.6 Å². The minimum atomic E-state index is -1.17. The number of aromatic amines is 1. The number of benzene rings is 1. The van der Waals surface area contributed by atoms with Gasteiger partial charge >= 0.3 is 5.97 Å². The lowest BCUT2D eigenvalue weighted by Gasteiger charge is -2.52. The van der Waals surface area contributed by atoms with E-state index in [1.165, 1.54) is 7.11 Å². The summed E-state index contributed by atoms with van der Waals surface area (Å²) < 4.78 is 5.18. The van der Waals surface area contributed by atoms with Crippen LogP contribution in [0.3, 0.4) is 0 Å². The normalized spacial score (nSPS) is 29.4. The van der Waals surface area contributed by atoms with Crippen molar-refractivity contribution >= 4 is 22.7 Å². The highest BCUT2D eigenvalue weighted by Gasteiger charge is 2.58. The molecule has 1 aliphatic carbocycles. The van der Waals surface area contributed by atoms with Gasteiger partial charge in [-0.1, -0.05) is 29.8 Å². The fourth-order valence-electron chi connectivity index (χ4n) is 5.29. The molecular formula is C22H26N2O4. The number of likely N-dealkylation sites (N-methyl/N-ethyl adjacent to an activating group) is 1.